The molecule has 0 aromatic heterocycles. The van der Waals surface area contributed by atoms with Crippen LogP contribution in [0, 0.1) is 5.92 Å². The number of amides is 1. The van der Waals surface area contributed by atoms with E-state index in [2.05, 4.69) is 5.32 Å². The minimum absolute atomic E-state index is 0.154. The molecule has 0 saturated heterocycles. The lowest BCUT2D eigenvalue weighted by Gasteiger charge is -2.18. The Kier molecular flexibility index (Phi) is 6.12. The number of hydrogen-bond acceptors (Lipinski definition) is 3. The second-order valence-corrected chi connectivity index (χ2v) is 5.02. The van der Waals surface area contributed by atoms with Gasteiger partial charge in [-0.05, 0) is 24.1 Å². The third-order valence-electron chi connectivity index (χ3n) is 3.26. The van der Waals surface area contributed by atoms with Gasteiger partial charge in [-0.3, -0.25) is 4.79 Å². The molecule has 2 atom stereocenters. The molecule has 19 heavy (non-hydrogen) atoms. The topological polar surface area (TPSA) is 64.4 Å². The van der Waals surface area contributed by atoms with Gasteiger partial charge in [0, 0.05) is 17.1 Å². The fourth-order valence-corrected chi connectivity index (χ4v) is 1.89. The molecule has 2 unspecified atom stereocenters. The Morgan fingerprint density at radius 2 is 2.21 bits per heavy atom. The van der Waals surface area contributed by atoms with Crippen molar-refractivity contribution in [2.75, 3.05) is 7.11 Å². The van der Waals surface area contributed by atoms with Crippen LogP contribution in [0.25, 0.3) is 0 Å². The molecule has 0 spiro atoms. The first-order valence-corrected chi connectivity index (χ1v) is 6.73. The molecule has 5 heteroatoms. The average Bonchev–Trinajstić information content (AvgIpc) is 2.43. The predicted octanol–water partition coefficient (Wildman–Crippen LogP) is 2.34. The molecule has 0 saturated carbocycles. The molecule has 0 aliphatic rings. The lowest BCUT2D eigenvalue weighted by molar-refractivity contribution is -0.123. The predicted molar refractivity (Wildman–Crippen MR) is 77.3 cm³/mol. The highest BCUT2D eigenvalue weighted by Crippen LogP contribution is 2.22. The van der Waals surface area contributed by atoms with Crippen LogP contribution in [0.3, 0.4) is 0 Å². The first-order chi connectivity index (χ1) is 8.99. The molecular formula is C14H21ClN2O2. The quantitative estimate of drug-likeness (QED) is 0.843. The number of halogens is 1. The lowest BCUT2D eigenvalue weighted by atomic mass is 9.99. The number of methoxy groups -OCH3 is 1. The molecule has 1 amide bonds. The zero-order valence-electron chi connectivity index (χ0n) is 11.6. The van der Waals surface area contributed by atoms with E-state index in [9.17, 15) is 4.79 Å². The molecular weight excluding hydrogens is 264 g/mol. The summed E-state index contributed by atoms with van der Waals surface area (Å²) in [5.41, 5.74) is 6.70. The van der Waals surface area contributed by atoms with Crippen molar-refractivity contribution in [1.82, 2.24) is 5.32 Å². The Balaban J connectivity index is 2.66. The highest BCUT2D eigenvalue weighted by Gasteiger charge is 2.19. The maximum atomic E-state index is 11.9. The number of nitrogens with two attached hydrogens (primary N) is 1. The van der Waals surface area contributed by atoms with Crippen molar-refractivity contribution in [3.8, 4) is 5.75 Å². The fraction of sp³-hybridized carbons (Fsp3) is 0.500. The number of ether oxygens (including phenoxy) is 1. The van der Waals surface area contributed by atoms with Crippen LogP contribution >= 0.6 is 11.6 Å². The molecule has 0 bridgehead atoms. The highest BCUT2D eigenvalue weighted by atomic mass is 35.5. The highest BCUT2D eigenvalue weighted by molar-refractivity contribution is 6.30. The average molecular weight is 285 g/mol. The van der Waals surface area contributed by atoms with E-state index in [-0.39, 0.29) is 11.8 Å². The van der Waals surface area contributed by atoms with Crippen molar-refractivity contribution in [3.05, 3.63) is 28.8 Å². The summed E-state index contributed by atoms with van der Waals surface area (Å²) in [6, 6.07) is 4.81. The van der Waals surface area contributed by atoms with E-state index in [1.165, 1.54) is 0 Å². The SMILES string of the molecule is CCC(C)C(N)C(=O)NCc1cc(Cl)ccc1OC. The second kappa shape index (κ2) is 7.36. The minimum atomic E-state index is -0.491. The van der Waals surface area contributed by atoms with Crippen molar-refractivity contribution in [1.29, 1.82) is 0 Å². The molecule has 4 nitrogen and oxygen atoms in total. The first kappa shape index (κ1) is 15.8. The monoisotopic (exact) mass is 284 g/mol. The van der Waals surface area contributed by atoms with Crippen LogP contribution in [-0.4, -0.2) is 19.1 Å². The summed E-state index contributed by atoms with van der Waals surface area (Å²) in [5, 5.41) is 3.42. The third-order valence-corrected chi connectivity index (χ3v) is 3.49. The Hall–Kier alpha value is -1.26. The molecule has 106 valence electrons. The number of rotatable bonds is 6. The summed E-state index contributed by atoms with van der Waals surface area (Å²) in [6.45, 7) is 4.33. The van der Waals surface area contributed by atoms with Crippen LogP contribution in [0.1, 0.15) is 25.8 Å². The van der Waals surface area contributed by atoms with Gasteiger partial charge in [-0.2, -0.15) is 0 Å². The lowest BCUT2D eigenvalue weighted by Crippen LogP contribution is -2.44. The van der Waals surface area contributed by atoms with E-state index in [4.69, 9.17) is 22.1 Å². The van der Waals surface area contributed by atoms with Crippen LogP contribution < -0.4 is 15.8 Å². The largest absolute Gasteiger partial charge is 0.496 e. The smallest absolute Gasteiger partial charge is 0.237 e. The van der Waals surface area contributed by atoms with E-state index < -0.39 is 6.04 Å². The minimum Gasteiger partial charge on any atom is -0.496 e. The van der Waals surface area contributed by atoms with Crippen molar-refractivity contribution >= 4 is 17.5 Å². The van der Waals surface area contributed by atoms with Gasteiger partial charge in [0.2, 0.25) is 5.91 Å². The van der Waals surface area contributed by atoms with Crippen molar-refractivity contribution in [2.24, 2.45) is 11.7 Å². The Bertz CT molecular complexity index is 437. The summed E-state index contributed by atoms with van der Waals surface area (Å²) < 4.78 is 5.22. The number of hydrogen-bond donors (Lipinski definition) is 2. The standard InChI is InChI=1S/C14H21ClN2O2/c1-4-9(2)13(16)14(18)17-8-10-7-11(15)5-6-12(10)19-3/h5-7,9,13H,4,8,16H2,1-3H3,(H,17,18). The van der Waals surface area contributed by atoms with Gasteiger partial charge in [-0.1, -0.05) is 31.9 Å². The third kappa shape index (κ3) is 4.40. The van der Waals surface area contributed by atoms with E-state index in [1.54, 1.807) is 25.3 Å². The van der Waals surface area contributed by atoms with Gasteiger partial charge in [-0.25, -0.2) is 0 Å². The van der Waals surface area contributed by atoms with Gasteiger partial charge in [0.05, 0.1) is 13.2 Å². The number of benzene rings is 1. The van der Waals surface area contributed by atoms with Crippen LogP contribution in [0.5, 0.6) is 5.75 Å². The maximum absolute atomic E-state index is 11.9. The summed E-state index contributed by atoms with van der Waals surface area (Å²) in [6.07, 6.45) is 0.870. The summed E-state index contributed by atoms with van der Waals surface area (Å²) in [7, 11) is 1.58. The molecule has 0 radical (unpaired) electrons. The van der Waals surface area contributed by atoms with Gasteiger partial charge in [0.1, 0.15) is 5.75 Å². The maximum Gasteiger partial charge on any atom is 0.237 e. The molecule has 3 N–H and O–H groups in total. The van der Waals surface area contributed by atoms with Gasteiger partial charge < -0.3 is 15.8 Å². The fourth-order valence-electron chi connectivity index (χ4n) is 1.70. The Labute approximate surface area is 119 Å². The zero-order valence-corrected chi connectivity index (χ0v) is 12.3. The molecule has 0 aliphatic heterocycles. The molecule has 1 aromatic carbocycles. The van der Waals surface area contributed by atoms with Crippen molar-refractivity contribution in [2.45, 2.75) is 32.9 Å². The van der Waals surface area contributed by atoms with E-state index >= 15 is 0 Å². The van der Waals surface area contributed by atoms with Crippen LogP contribution in [-0.2, 0) is 11.3 Å². The van der Waals surface area contributed by atoms with Crippen molar-refractivity contribution < 1.29 is 9.53 Å². The van der Waals surface area contributed by atoms with Crippen LogP contribution in [0.4, 0.5) is 0 Å². The molecule has 0 aliphatic carbocycles. The Morgan fingerprint density at radius 3 is 2.79 bits per heavy atom. The summed E-state index contributed by atoms with van der Waals surface area (Å²) in [4.78, 5) is 11.9. The zero-order chi connectivity index (χ0) is 14.4. The van der Waals surface area contributed by atoms with Gasteiger partial charge >= 0.3 is 0 Å². The van der Waals surface area contributed by atoms with Gasteiger partial charge in [0.15, 0.2) is 0 Å². The van der Waals surface area contributed by atoms with Crippen LogP contribution in [0.15, 0.2) is 18.2 Å². The molecule has 0 heterocycles. The van der Waals surface area contributed by atoms with Gasteiger partial charge in [-0.15, -0.1) is 0 Å². The van der Waals surface area contributed by atoms with Crippen LogP contribution in [0.2, 0.25) is 5.02 Å². The van der Waals surface area contributed by atoms with E-state index in [0.717, 1.165) is 12.0 Å². The first-order valence-electron chi connectivity index (χ1n) is 6.35. The number of nitrogens with one attached hydrogen (secondary N) is 1. The summed E-state index contributed by atoms with van der Waals surface area (Å²) in [5.74, 6) is 0.694. The molecule has 1 aromatic rings. The Morgan fingerprint density at radius 1 is 1.53 bits per heavy atom. The second-order valence-electron chi connectivity index (χ2n) is 4.59. The summed E-state index contributed by atoms with van der Waals surface area (Å²) >= 11 is 5.93. The molecule has 1 rings (SSSR count). The molecule has 0 fully saturated rings. The normalized spacial score (nSPS) is 13.7. The number of carbonyl (C=O) groups is 1. The van der Waals surface area contributed by atoms with Crippen molar-refractivity contribution in [3.63, 3.8) is 0 Å². The van der Waals surface area contributed by atoms with E-state index in [0.29, 0.717) is 17.3 Å². The van der Waals surface area contributed by atoms with E-state index in [1.807, 2.05) is 13.8 Å². The van der Waals surface area contributed by atoms with Gasteiger partial charge in [0.25, 0.3) is 0 Å². The number of carbonyl (C=O) groups excluding carboxylic acids is 1.